The van der Waals surface area contributed by atoms with Gasteiger partial charge in [0, 0.05) is 12.0 Å². The van der Waals surface area contributed by atoms with Crippen molar-refractivity contribution >= 4 is 17.0 Å². The molecule has 1 aromatic heterocycles. The summed E-state index contributed by atoms with van der Waals surface area (Å²) in [6.07, 6.45) is 0.619. The summed E-state index contributed by atoms with van der Waals surface area (Å²) in [7, 11) is 0. The maximum atomic E-state index is 12.4. The summed E-state index contributed by atoms with van der Waals surface area (Å²) in [6, 6.07) is 24.8. The van der Waals surface area contributed by atoms with Crippen molar-refractivity contribution in [3.63, 3.8) is 0 Å². The first kappa shape index (κ1) is 17.8. The monoisotopic (exact) mass is 372 g/mol. The molecule has 1 amide bonds. The standard InChI is InChI=1S/C23H20N2O3/c26-23(24-13-14-27-19-9-5-2-6-10-19)18-11-12-21-20(16-18)25-22(28-21)15-17-7-3-1-4-8-17/h1-12,16H,13-15H2,(H,24,26). The molecule has 0 aliphatic heterocycles. The number of hydrogen-bond donors (Lipinski definition) is 1. The Morgan fingerprint density at radius 1 is 0.964 bits per heavy atom. The van der Waals surface area contributed by atoms with E-state index in [9.17, 15) is 4.79 Å². The average molecular weight is 372 g/mol. The van der Waals surface area contributed by atoms with E-state index in [-0.39, 0.29) is 5.91 Å². The van der Waals surface area contributed by atoms with Crippen molar-refractivity contribution in [1.29, 1.82) is 0 Å². The van der Waals surface area contributed by atoms with Crippen LogP contribution in [0, 0.1) is 0 Å². The highest BCUT2D eigenvalue weighted by molar-refractivity contribution is 5.97. The number of ether oxygens (including phenoxy) is 1. The number of benzene rings is 3. The van der Waals surface area contributed by atoms with Crippen molar-refractivity contribution in [1.82, 2.24) is 10.3 Å². The molecule has 0 radical (unpaired) electrons. The summed E-state index contributed by atoms with van der Waals surface area (Å²) < 4.78 is 11.4. The van der Waals surface area contributed by atoms with Crippen LogP contribution >= 0.6 is 0 Å². The third-order valence-electron chi connectivity index (χ3n) is 4.29. The number of hydrogen-bond acceptors (Lipinski definition) is 4. The quantitative estimate of drug-likeness (QED) is 0.493. The Bertz CT molecular complexity index is 1060. The maximum Gasteiger partial charge on any atom is 0.251 e. The van der Waals surface area contributed by atoms with Crippen LogP contribution in [0.5, 0.6) is 5.75 Å². The van der Waals surface area contributed by atoms with Gasteiger partial charge in [-0.05, 0) is 35.9 Å². The minimum absolute atomic E-state index is 0.161. The Kier molecular flexibility index (Phi) is 5.33. The Labute approximate surface area is 163 Å². The van der Waals surface area contributed by atoms with Gasteiger partial charge in [0.05, 0.1) is 6.54 Å². The molecule has 0 bridgehead atoms. The molecular weight excluding hydrogens is 352 g/mol. The zero-order valence-electron chi connectivity index (χ0n) is 15.3. The fourth-order valence-electron chi connectivity index (χ4n) is 2.91. The second-order valence-electron chi connectivity index (χ2n) is 6.37. The molecule has 28 heavy (non-hydrogen) atoms. The minimum atomic E-state index is -0.161. The van der Waals surface area contributed by atoms with Gasteiger partial charge in [-0.2, -0.15) is 0 Å². The highest BCUT2D eigenvalue weighted by atomic mass is 16.5. The van der Waals surface area contributed by atoms with Gasteiger partial charge in [0.25, 0.3) is 5.91 Å². The minimum Gasteiger partial charge on any atom is -0.492 e. The Morgan fingerprint density at radius 3 is 2.50 bits per heavy atom. The van der Waals surface area contributed by atoms with Crippen LogP contribution in [0.1, 0.15) is 21.8 Å². The molecule has 0 unspecified atom stereocenters. The molecule has 5 nitrogen and oxygen atoms in total. The second kappa shape index (κ2) is 8.39. The molecular formula is C23H20N2O3. The van der Waals surface area contributed by atoms with Gasteiger partial charge in [0.2, 0.25) is 0 Å². The number of aromatic nitrogens is 1. The fourth-order valence-corrected chi connectivity index (χ4v) is 2.91. The lowest BCUT2D eigenvalue weighted by atomic mass is 10.1. The molecule has 1 N–H and O–H groups in total. The number of nitrogens with one attached hydrogen (secondary N) is 1. The van der Waals surface area contributed by atoms with Gasteiger partial charge in [-0.25, -0.2) is 4.98 Å². The van der Waals surface area contributed by atoms with E-state index >= 15 is 0 Å². The molecule has 4 rings (SSSR count). The summed E-state index contributed by atoms with van der Waals surface area (Å²) in [6.45, 7) is 0.826. The molecule has 0 fully saturated rings. The SMILES string of the molecule is O=C(NCCOc1ccccc1)c1ccc2oc(Cc3ccccc3)nc2c1. The van der Waals surface area contributed by atoms with Crippen molar-refractivity contribution in [2.45, 2.75) is 6.42 Å². The van der Waals surface area contributed by atoms with E-state index < -0.39 is 0 Å². The van der Waals surface area contributed by atoms with Crippen LogP contribution in [-0.2, 0) is 6.42 Å². The first-order valence-corrected chi connectivity index (χ1v) is 9.17. The predicted molar refractivity (Wildman–Crippen MR) is 108 cm³/mol. The van der Waals surface area contributed by atoms with Gasteiger partial charge in [-0.3, -0.25) is 4.79 Å². The number of nitrogens with zero attached hydrogens (tertiary/aromatic N) is 1. The van der Waals surface area contributed by atoms with Crippen LogP contribution < -0.4 is 10.1 Å². The third kappa shape index (κ3) is 4.38. The smallest absolute Gasteiger partial charge is 0.251 e. The zero-order chi connectivity index (χ0) is 19.2. The lowest BCUT2D eigenvalue weighted by Crippen LogP contribution is -2.28. The van der Waals surface area contributed by atoms with E-state index in [0.29, 0.717) is 42.1 Å². The van der Waals surface area contributed by atoms with Crippen molar-refractivity contribution < 1.29 is 13.9 Å². The summed E-state index contributed by atoms with van der Waals surface area (Å²) in [5, 5.41) is 2.86. The molecule has 0 saturated heterocycles. The average Bonchev–Trinajstić information content (AvgIpc) is 3.14. The molecule has 0 atom stereocenters. The molecule has 0 saturated carbocycles. The van der Waals surface area contributed by atoms with Gasteiger partial charge in [-0.15, -0.1) is 0 Å². The molecule has 3 aromatic carbocycles. The van der Waals surface area contributed by atoms with Gasteiger partial charge in [-0.1, -0.05) is 48.5 Å². The first-order chi connectivity index (χ1) is 13.8. The number of rotatable bonds is 7. The van der Waals surface area contributed by atoms with Crippen LogP contribution in [0.2, 0.25) is 0 Å². The number of amides is 1. The van der Waals surface area contributed by atoms with E-state index in [1.165, 1.54) is 0 Å². The van der Waals surface area contributed by atoms with E-state index in [0.717, 1.165) is 11.3 Å². The molecule has 0 spiro atoms. The summed E-state index contributed by atoms with van der Waals surface area (Å²) in [5.74, 6) is 1.26. The topological polar surface area (TPSA) is 64.4 Å². The number of fused-ring (bicyclic) bond motifs is 1. The predicted octanol–water partition coefficient (Wildman–Crippen LogP) is 4.23. The zero-order valence-corrected chi connectivity index (χ0v) is 15.3. The molecule has 140 valence electrons. The van der Waals surface area contributed by atoms with E-state index in [1.54, 1.807) is 18.2 Å². The van der Waals surface area contributed by atoms with Crippen LogP contribution in [0.15, 0.2) is 83.3 Å². The van der Waals surface area contributed by atoms with Crippen molar-refractivity contribution in [3.8, 4) is 5.75 Å². The molecule has 1 heterocycles. The molecule has 5 heteroatoms. The largest absolute Gasteiger partial charge is 0.492 e. The lowest BCUT2D eigenvalue weighted by Gasteiger charge is -2.07. The van der Waals surface area contributed by atoms with Crippen LogP contribution in [0.4, 0.5) is 0 Å². The van der Waals surface area contributed by atoms with E-state index in [4.69, 9.17) is 9.15 Å². The Morgan fingerprint density at radius 2 is 1.71 bits per heavy atom. The molecule has 0 aliphatic rings. The fraction of sp³-hybridized carbons (Fsp3) is 0.130. The Hall–Kier alpha value is -3.60. The van der Waals surface area contributed by atoms with Gasteiger partial charge in [0.15, 0.2) is 11.5 Å². The van der Waals surface area contributed by atoms with Gasteiger partial charge < -0.3 is 14.5 Å². The van der Waals surface area contributed by atoms with E-state index in [1.807, 2.05) is 60.7 Å². The molecule has 0 aliphatic carbocycles. The Balaban J connectivity index is 1.36. The number of carbonyl (C=O) groups excluding carboxylic acids is 1. The number of para-hydroxylation sites is 1. The normalized spacial score (nSPS) is 10.7. The summed E-state index contributed by atoms with van der Waals surface area (Å²) in [4.78, 5) is 16.9. The first-order valence-electron chi connectivity index (χ1n) is 9.17. The van der Waals surface area contributed by atoms with Gasteiger partial charge >= 0.3 is 0 Å². The van der Waals surface area contributed by atoms with Crippen LogP contribution in [0.25, 0.3) is 11.1 Å². The van der Waals surface area contributed by atoms with Crippen LogP contribution in [0.3, 0.4) is 0 Å². The third-order valence-corrected chi connectivity index (χ3v) is 4.29. The van der Waals surface area contributed by atoms with Gasteiger partial charge in [0.1, 0.15) is 17.9 Å². The maximum absolute atomic E-state index is 12.4. The van der Waals surface area contributed by atoms with Crippen molar-refractivity contribution in [3.05, 3.63) is 95.9 Å². The lowest BCUT2D eigenvalue weighted by molar-refractivity contribution is 0.0947. The number of oxazole rings is 1. The highest BCUT2D eigenvalue weighted by Gasteiger charge is 2.11. The summed E-state index contributed by atoms with van der Waals surface area (Å²) >= 11 is 0. The second-order valence-corrected chi connectivity index (χ2v) is 6.37. The highest BCUT2D eigenvalue weighted by Crippen LogP contribution is 2.19. The molecule has 4 aromatic rings. The van der Waals surface area contributed by atoms with Crippen LogP contribution in [-0.4, -0.2) is 24.0 Å². The van der Waals surface area contributed by atoms with Crippen molar-refractivity contribution in [2.75, 3.05) is 13.2 Å². The van der Waals surface area contributed by atoms with E-state index in [2.05, 4.69) is 10.3 Å². The number of carbonyl (C=O) groups is 1. The summed E-state index contributed by atoms with van der Waals surface area (Å²) in [5.41, 5.74) is 3.03. The van der Waals surface area contributed by atoms with Crippen molar-refractivity contribution in [2.24, 2.45) is 0 Å².